The van der Waals surface area contributed by atoms with Crippen LogP contribution in [0.4, 0.5) is 0 Å². The molecule has 1 aromatic carbocycles. The number of furan rings is 1. The number of hydrogen-bond donors (Lipinski definition) is 2. The zero-order chi connectivity index (χ0) is 14.7. The second-order valence-corrected chi connectivity index (χ2v) is 5.22. The quantitative estimate of drug-likeness (QED) is 0.747. The third kappa shape index (κ3) is 3.23. The maximum atomic E-state index is 5.63. The lowest BCUT2D eigenvalue weighted by Crippen LogP contribution is -2.17. The van der Waals surface area contributed by atoms with Gasteiger partial charge in [-0.25, -0.2) is 0 Å². The van der Waals surface area contributed by atoms with Crippen molar-refractivity contribution in [3.63, 3.8) is 0 Å². The predicted octanol–water partition coefficient (Wildman–Crippen LogP) is 3.83. The van der Waals surface area contributed by atoms with Gasteiger partial charge in [0.25, 0.3) is 0 Å². The topological polar surface area (TPSA) is 53.9 Å². The molecule has 108 valence electrons. The maximum Gasteiger partial charge on any atom is 0.120 e. The summed E-state index contributed by atoms with van der Waals surface area (Å²) < 4.78 is 5.63. The second kappa shape index (κ2) is 5.97. The molecule has 0 amide bonds. The molecule has 0 fully saturated rings. The van der Waals surface area contributed by atoms with E-state index in [4.69, 9.17) is 4.42 Å². The van der Waals surface area contributed by atoms with E-state index in [-0.39, 0.29) is 6.04 Å². The van der Waals surface area contributed by atoms with E-state index in [1.807, 2.05) is 25.1 Å². The van der Waals surface area contributed by atoms with Gasteiger partial charge in [0.05, 0.1) is 11.7 Å². The van der Waals surface area contributed by atoms with E-state index in [9.17, 15) is 0 Å². The first-order chi connectivity index (χ1) is 10.2. The van der Waals surface area contributed by atoms with Crippen LogP contribution in [0.1, 0.15) is 30.0 Å². The molecule has 0 aliphatic heterocycles. The molecule has 0 aliphatic carbocycles. The maximum absolute atomic E-state index is 5.63. The highest BCUT2D eigenvalue weighted by Gasteiger charge is 2.08. The van der Waals surface area contributed by atoms with Crippen LogP contribution in [0.2, 0.25) is 0 Å². The lowest BCUT2D eigenvalue weighted by Gasteiger charge is -2.11. The molecule has 0 saturated carbocycles. The first kappa shape index (κ1) is 13.6. The predicted molar refractivity (Wildman–Crippen MR) is 82.7 cm³/mol. The summed E-state index contributed by atoms with van der Waals surface area (Å²) in [5, 5.41) is 10.4. The summed E-state index contributed by atoms with van der Waals surface area (Å²) in [6.07, 6.45) is 1.76. The summed E-state index contributed by atoms with van der Waals surface area (Å²) in [5.74, 6) is 1.92. The minimum atomic E-state index is 0.200. The molecule has 1 atom stereocenters. The molecule has 21 heavy (non-hydrogen) atoms. The van der Waals surface area contributed by atoms with E-state index in [0.717, 1.165) is 29.3 Å². The van der Waals surface area contributed by atoms with Crippen LogP contribution in [0.3, 0.4) is 0 Å². The Morgan fingerprint density at radius 2 is 1.95 bits per heavy atom. The highest BCUT2D eigenvalue weighted by Crippen LogP contribution is 2.18. The summed E-state index contributed by atoms with van der Waals surface area (Å²) >= 11 is 0. The number of rotatable bonds is 5. The van der Waals surface area contributed by atoms with E-state index in [1.165, 1.54) is 5.56 Å². The summed E-state index contributed by atoms with van der Waals surface area (Å²) in [4.78, 5) is 0. The summed E-state index contributed by atoms with van der Waals surface area (Å²) in [6, 6.07) is 14.6. The Morgan fingerprint density at radius 1 is 1.14 bits per heavy atom. The lowest BCUT2D eigenvalue weighted by atomic mass is 10.1. The number of aryl methyl sites for hydroxylation is 1. The minimum absolute atomic E-state index is 0.200. The lowest BCUT2D eigenvalue weighted by molar-refractivity contribution is 0.416. The van der Waals surface area contributed by atoms with Gasteiger partial charge in [-0.1, -0.05) is 24.3 Å². The van der Waals surface area contributed by atoms with Gasteiger partial charge in [-0.2, -0.15) is 5.10 Å². The van der Waals surface area contributed by atoms with Crippen molar-refractivity contribution in [3.8, 4) is 11.3 Å². The first-order valence-corrected chi connectivity index (χ1v) is 7.11. The van der Waals surface area contributed by atoms with E-state index in [2.05, 4.69) is 46.7 Å². The average Bonchev–Trinajstić information content (AvgIpc) is 3.16. The molecule has 0 radical (unpaired) electrons. The zero-order valence-corrected chi connectivity index (χ0v) is 12.3. The number of aromatic amines is 1. The highest BCUT2D eigenvalue weighted by atomic mass is 16.3. The van der Waals surface area contributed by atoms with Gasteiger partial charge < -0.3 is 9.73 Å². The molecule has 0 saturated heterocycles. The molecule has 2 aromatic heterocycles. The van der Waals surface area contributed by atoms with Gasteiger partial charge in [0.15, 0.2) is 0 Å². The average molecular weight is 281 g/mol. The van der Waals surface area contributed by atoms with E-state index in [1.54, 1.807) is 6.20 Å². The molecule has 4 nitrogen and oxygen atoms in total. The van der Waals surface area contributed by atoms with Crippen LogP contribution < -0.4 is 5.32 Å². The smallest absolute Gasteiger partial charge is 0.120 e. The van der Waals surface area contributed by atoms with Gasteiger partial charge in [0.1, 0.15) is 11.5 Å². The third-order valence-electron chi connectivity index (χ3n) is 3.57. The van der Waals surface area contributed by atoms with Gasteiger partial charge in [0, 0.05) is 12.7 Å². The Morgan fingerprint density at radius 3 is 2.57 bits per heavy atom. The van der Waals surface area contributed by atoms with Crippen LogP contribution in [0.15, 0.2) is 53.1 Å². The standard InChI is InChI=1S/C17H19N3O/c1-12-3-8-17(21-12)13(2)18-11-14-4-6-15(7-5-14)16-9-10-19-20-16/h3-10,13,18H,11H2,1-2H3,(H,19,20). The number of hydrogen-bond acceptors (Lipinski definition) is 3. The SMILES string of the molecule is Cc1ccc(C(C)NCc2ccc(-c3ccn[nH]3)cc2)o1. The summed E-state index contributed by atoms with van der Waals surface area (Å²) in [5.41, 5.74) is 3.42. The Bertz CT molecular complexity index is 683. The summed E-state index contributed by atoms with van der Waals surface area (Å²) in [7, 11) is 0. The largest absolute Gasteiger partial charge is 0.465 e. The third-order valence-corrected chi connectivity index (χ3v) is 3.57. The van der Waals surface area contributed by atoms with E-state index in [0.29, 0.717) is 0 Å². The van der Waals surface area contributed by atoms with Gasteiger partial charge >= 0.3 is 0 Å². The summed E-state index contributed by atoms with van der Waals surface area (Å²) in [6.45, 7) is 4.88. The Kier molecular flexibility index (Phi) is 3.88. The fourth-order valence-electron chi connectivity index (χ4n) is 2.28. The monoisotopic (exact) mass is 281 g/mol. The highest BCUT2D eigenvalue weighted by molar-refractivity contribution is 5.58. The Hall–Kier alpha value is -2.33. The molecule has 1 unspecified atom stereocenters. The van der Waals surface area contributed by atoms with Crippen molar-refractivity contribution in [2.45, 2.75) is 26.4 Å². The van der Waals surface area contributed by atoms with E-state index >= 15 is 0 Å². The zero-order valence-electron chi connectivity index (χ0n) is 12.3. The van der Waals surface area contributed by atoms with Crippen LogP contribution in [-0.2, 0) is 6.54 Å². The van der Waals surface area contributed by atoms with Crippen molar-refractivity contribution >= 4 is 0 Å². The molecule has 0 aliphatic rings. The number of benzene rings is 1. The van der Waals surface area contributed by atoms with Crippen LogP contribution in [-0.4, -0.2) is 10.2 Å². The number of nitrogens with zero attached hydrogens (tertiary/aromatic N) is 1. The first-order valence-electron chi connectivity index (χ1n) is 7.11. The fourth-order valence-corrected chi connectivity index (χ4v) is 2.28. The fraction of sp³-hybridized carbons (Fsp3) is 0.235. The van der Waals surface area contributed by atoms with Crippen molar-refractivity contribution in [3.05, 3.63) is 65.7 Å². The molecule has 3 aromatic rings. The molecular weight excluding hydrogens is 262 g/mol. The van der Waals surface area contributed by atoms with E-state index < -0.39 is 0 Å². The molecule has 0 bridgehead atoms. The normalized spacial score (nSPS) is 12.5. The van der Waals surface area contributed by atoms with Gasteiger partial charge in [-0.05, 0) is 43.2 Å². The molecule has 2 N–H and O–H groups in total. The second-order valence-electron chi connectivity index (χ2n) is 5.22. The van der Waals surface area contributed by atoms with Gasteiger partial charge in [-0.3, -0.25) is 5.10 Å². The minimum Gasteiger partial charge on any atom is -0.465 e. The van der Waals surface area contributed by atoms with Crippen LogP contribution in [0.25, 0.3) is 11.3 Å². The molecular formula is C17H19N3O. The number of nitrogens with one attached hydrogen (secondary N) is 2. The molecule has 3 rings (SSSR count). The van der Waals surface area contributed by atoms with Crippen molar-refractivity contribution in [2.75, 3.05) is 0 Å². The van der Waals surface area contributed by atoms with Crippen LogP contribution in [0, 0.1) is 6.92 Å². The van der Waals surface area contributed by atoms with Crippen molar-refractivity contribution < 1.29 is 4.42 Å². The molecule has 4 heteroatoms. The Labute approximate surface area is 124 Å². The van der Waals surface area contributed by atoms with Crippen molar-refractivity contribution in [2.24, 2.45) is 0 Å². The van der Waals surface area contributed by atoms with Gasteiger partial charge in [-0.15, -0.1) is 0 Å². The Balaban J connectivity index is 1.61. The molecule has 2 heterocycles. The molecule has 0 spiro atoms. The van der Waals surface area contributed by atoms with Crippen LogP contribution in [0.5, 0.6) is 0 Å². The van der Waals surface area contributed by atoms with Crippen molar-refractivity contribution in [1.29, 1.82) is 0 Å². The van der Waals surface area contributed by atoms with Crippen molar-refractivity contribution in [1.82, 2.24) is 15.5 Å². The van der Waals surface area contributed by atoms with Gasteiger partial charge in [0.2, 0.25) is 0 Å². The number of H-pyrrole nitrogens is 1. The number of aromatic nitrogens is 2. The van der Waals surface area contributed by atoms with Crippen LogP contribution >= 0.6 is 0 Å².